The van der Waals surface area contributed by atoms with Gasteiger partial charge in [0.15, 0.2) is 12.4 Å². The van der Waals surface area contributed by atoms with Crippen LogP contribution in [0, 0.1) is 10.1 Å². The topological polar surface area (TPSA) is 89.7 Å². The number of anilines is 1. The Morgan fingerprint density at radius 2 is 2.08 bits per heavy atom. The Balaban J connectivity index is 1.79. The molecule has 0 unspecified atom stereocenters. The number of nitro benzene ring substituents is 1. The van der Waals surface area contributed by atoms with Crippen LogP contribution in [0.2, 0.25) is 0 Å². The van der Waals surface area contributed by atoms with E-state index in [9.17, 15) is 19.7 Å². The first-order valence-electron chi connectivity index (χ1n) is 7.81. The van der Waals surface area contributed by atoms with Crippen molar-refractivity contribution in [1.29, 1.82) is 0 Å². The van der Waals surface area contributed by atoms with Crippen LogP contribution in [0.3, 0.4) is 0 Å². The predicted octanol–water partition coefficient (Wildman–Crippen LogP) is 2.76. The van der Waals surface area contributed by atoms with E-state index in [0.717, 1.165) is 23.7 Å². The summed E-state index contributed by atoms with van der Waals surface area (Å²) in [6.07, 6.45) is 0.433. The second kappa shape index (κ2) is 6.72. The summed E-state index contributed by atoms with van der Waals surface area (Å²) < 4.78 is 5.62. The van der Waals surface area contributed by atoms with E-state index in [1.807, 2.05) is 24.3 Å². The van der Waals surface area contributed by atoms with Crippen LogP contribution in [-0.4, -0.2) is 29.8 Å². The molecule has 1 amide bonds. The summed E-state index contributed by atoms with van der Waals surface area (Å²) in [6, 6.07) is 11.4. The molecular formula is C18H16N2O5. The summed E-state index contributed by atoms with van der Waals surface area (Å²) >= 11 is 0. The number of rotatable bonds is 5. The van der Waals surface area contributed by atoms with Crippen LogP contribution in [-0.2, 0) is 11.2 Å². The first-order valence-corrected chi connectivity index (χ1v) is 7.81. The number of carbonyl (C=O) groups excluding carboxylic acids is 2. The van der Waals surface area contributed by atoms with E-state index >= 15 is 0 Å². The largest absolute Gasteiger partial charge is 0.480 e. The van der Waals surface area contributed by atoms with Gasteiger partial charge in [-0.3, -0.25) is 19.7 Å². The molecule has 7 nitrogen and oxygen atoms in total. The second-order valence-corrected chi connectivity index (χ2v) is 5.73. The molecule has 1 heterocycles. The molecule has 0 bridgehead atoms. The summed E-state index contributed by atoms with van der Waals surface area (Å²) in [5, 5.41) is 10.8. The molecule has 0 spiro atoms. The summed E-state index contributed by atoms with van der Waals surface area (Å²) in [4.78, 5) is 35.7. The van der Waals surface area contributed by atoms with E-state index in [-0.39, 0.29) is 22.9 Å². The molecule has 128 valence electrons. The molecule has 2 aromatic carbocycles. The molecule has 0 N–H and O–H groups in total. The Labute approximate surface area is 144 Å². The fourth-order valence-corrected chi connectivity index (χ4v) is 2.88. The molecule has 0 aromatic heterocycles. The Morgan fingerprint density at radius 1 is 1.32 bits per heavy atom. The summed E-state index contributed by atoms with van der Waals surface area (Å²) in [5.41, 5.74) is 1.80. The molecule has 3 rings (SSSR count). The number of ether oxygens (including phenoxy) is 1. The summed E-state index contributed by atoms with van der Waals surface area (Å²) in [5.74, 6) is -0.0749. The molecule has 2 aromatic rings. The van der Waals surface area contributed by atoms with E-state index in [2.05, 4.69) is 0 Å². The van der Waals surface area contributed by atoms with Gasteiger partial charge in [-0.05, 0) is 31.0 Å². The van der Waals surface area contributed by atoms with Gasteiger partial charge in [-0.1, -0.05) is 18.2 Å². The van der Waals surface area contributed by atoms with Gasteiger partial charge >= 0.3 is 0 Å². The number of nitrogens with zero attached hydrogens (tertiary/aromatic N) is 2. The third-order valence-electron chi connectivity index (χ3n) is 4.14. The van der Waals surface area contributed by atoms with Crippen molar-refractivity contribution in [3.63, 3.8) is 0 Å². The van der Waals surface area contributed by atoms with Gasteiger partial charge in [0.25, 0.3) is 11.6 Å². The third kappa shape index (κ3) is 3.21. The van der Waals surface area contributed by atoms with Crippen LogP contribution in [0.4, 0.5) is 11.4 Å². The number of hydrogen-bond donors (Lipinski definition) is 0. The van der Waals surface area contributed by atoms with Crippen molar-refractivity contribution >= 4 is 23.6 Å². The summed E-state index contributed by atoms with van der Waals surface area (Å²) in [7, 11) is 0. The maximum absolute atomic E-state index is 12.7. The number of benzene rings is 2. The number of non-ortho nitro benzene ring substituents is 1. The van der Waals surface area contributed by atoms with Gasteiger partial charge in [0, 0.05) is 24.4 Å². The number of hydrogen-bond acceptors (Lipinski definition) is 5. The van der Waals surface area contributed by atoms with Gasteiger partial charge in [0.2, 0.25) is 0 Å². The highest BCUT2D eigenvalue weighted by molar-refractivity contribution is 5.98. The zero-order valence-electron chi connectivity index (χ0n) is 13.5. The molecule has 0 saturated heterocycles. The molecule has 7 heteroatoms. The van der Waals surface area contributed by atoms with Crippen LogP contribution < -0.4 is 9.64 Å². The quantitative estimate of drug-likeness (QED) is 0.474. The Kier molecular flexibility index (Phi) is 4.47. The zero-order chi connectivity index (χ0) is 18.0. The van der Waals surface area contributed by atoms with Crippen LogP contribution >= 0.6 is 0 Å². The van der Waals surface area contributed by atoms with Crippen LogP contribution in [0.1, 0.15) is 22.8 Å². The van der Waals surface area contributed by atoms with Gasteiger partial charge in [0.05, 0.1) is 10.5 Å². The molecule has 1 aliphatic heterocycles. The van der Waals surface area contributed by atoms with E-state index in [1.165, 1.54) is 12.1 Å². The van der Waals surface area contributed by atoms with E-state index in [0.29, 0.717) is 12.8 Å². The zero-order valence-corrected chi connectivity index (χ0v) is 13.5. The minimum Gasteiger partial charge on any atom is -0.480 e. The predicted molar refractivity (Wildman–Crippen MR) is 91.1 cm³/mol. The number of fused-ring (bicyclic) bond motifs is 1. The fourth-order valence-electron chi connectivity index (χ4n) is 2.88. The summed E-state index contributed by atoms with van der Waals surface area (Å²) in [6.45, 7) is 2.17. The minimum absolute atomic E-state index is 0.0377. The SMILES string of the molecule is C[C@H](Oc1ccc([N+](=O)[O-])cc1C=O)C(=O)N1CCc2ccccc21. The first kappa shape index (κ1) is 16.6. The molecule has 0 aliphatic carbocycles. The van der Waals surface area contributed by atoms with Crippen molar-refractivity contribution in [3.8, 4) is 5.75 Å². The van der Waals surface area contributed by atoms with Crippen molar-refractivity contribution < 1.29 is 19.2 Å². The van der Waals surface area contributed by atoms with E-state index in [1.54, 1.807) is 11.8 Å². The number of aldehydes is 1. The van der Waals surface area contributed by atoms with E-state index < -0.39 is 11.0 Å². The van der Waals surface area contributed by atoms with Gasteiger partial charge in [-0.25, -0.2) is 0 Å². The van der Waals surface area contributed by atoms with Crippen molar-refractivity contribution in [2.75, 3.05) is 11.4 Å². The number of para-hydroxylation sites is 1. The minimum atomic E-state index is -0.827. The second-order valence-electron chi connectivity index (χ2n) is 5.73. The lowest BCUT2D eigenvalue weighted by Crippen LogP contribution is -2.39. The molecule has 0 fully saturated rings. The van der Waals surface area contributed by atoms with Crippen molar-refractivity contribution in [3.05, 3.63) is 63.7 Å². The fraction of sp³-hybridized carbons (Fsp3) is 0.222. The lowest BCUT2D eigenvalue weighted by Gasteiger charge is -2.22. The Hall–Kier alpha value is -3.22. The standard InChI is InChI=1S/C18H16N2O5/c1-12(18(22)19-9-8-13-4-2-3-5-16(13)19)25-17-7-6-15(20(23)24)10-14(17)11-21/h2-7,10-12H,8-9H2,1H3/t12-/m0/s1. The molecular weight excluding hydrogens is 324 g/mol. The van der Waals surface area contributed by atoms with Gasteiger partial charge in [-0.15, -0.1) is 0 Å². The number of nitro groups is 1. The highest BCUT2D eigenvalue weighted by atomic mass is 16.6. The number of amides is 1. The van der Waals surface area contributed by atoms with Crippen LogP contribution in [0.5, 0.6) is 5.75 Å². The highest BCUT2D eigenvalue weighted by Crippen LogP contribution is 2.29. The van der Waals surface area contributed by atoms with E-state index in [4.69, 9.17) is 4.74 Å². The number of carbonyl (C=O) groups is 2. The Bertz CT molecular complexity index is 849. The molecule has 0 radical (unpaired) electrons. The molecule has 0 saturated carbocycles. The lowest BCUT2D eigenvalue weighted by molar-refractivity contribution is -0.384. The normalized spacial score (nSPS) is 13.9. The van der Waals surface area contributed by atoms with Crippen molar-refractivity contribution in [2.45, 2.75) is 19.4 Å². The van der Waals surface area contributed by atoms with Crippen LogP contribution in [0.15, 0.2) is 42.5 Å². The first-order chi connectivity index (χ1) is 12.0. The molecule has 25 heavy (non-hydrogen) atoms. The molecule has 1 aliphatic rings. The monoisotopic (exact) mass is 340 g/mol. The molecule has 1 atom stereocenters. The van der Waals surface area contributed by atoms with Crippen molar-refractivity contribution in [1.82, 2.24) is 0 Å². The average molecular weight is 340 g/mol. The lowest BCUT2D eigenvalue weighted by atomic mass is 10.2. The average Bonchev–Trinajstić information content (AvgIpc) is 3.05. The third-order valence-corrected chi connectivity index (χ3v) is 4.14. The van der Waals surface area contributed by atoms with Gasteiger partial charge in [-0.2, -0.15) is 0 Å². The smallest absolute Gasteiger partial charge is 0.270 e. The van der Waals surface area contributed by atoms with Crippen LogP contribution in [0.25, 0.3) is 0 Å². The van der Waals surface area contributed by atoms with Crippen molar-refractivity contribution in [2.24, 2.45) is 0 Å². The van der Waals surface area contributed by atoms with Gasteiger partial charge < -0.3 is 9.64 Å². The maximum Gasteiger partial charge on any atom is 0.270 e. The van der Waals surface area contributed by atoms with Gasteiger partial charge in [0.1, 0.15) is 5.75 Å². The maximum atomic E-state index is 12.7. The Morgan fingerprint density at radius 3 is 2.80 bits per heavy atom. The highest BCUT2D eigenvalue weighted by Gasteiger charge is 2.29.